The Bertz CT molecular complexity index is 20.9. The van der Waals surface area contributed by atoms with Gasteiger partial charge in [0.1, 0.15) is 5.44 Å². The molecule has 1 N–H and O–H groups in total. The van der Waals surface area contributed by atoms with Crippen molar-refractivity contribution in [2.45, 2.75) is 13.3 Å². The number of hydrogen-bond donors (Lipinski definition) is 2. The Morgan fingerprint density at radius 2 is 2.20 bits per heavy atom. The Kier molecular flexibility index (Phi) is 2.70. The first-order chi connectivity index (χ1) is 2.27. The first kappa shape index (κ1) is 5.31. The molecule has 0 saturated heterocycles. The Labute approximate surface area is 37.4 Å². The van der Waals surface area contributed by atoms with E-state index in [-0.39, 0.29) is 5.44 Å². The molecule has 0 rings (SSSR count). The maximum absolute atomic E-state index is 8.14. The molecule has 5 heavy (non-hydrogen) atoms. The monoisotopic (exact) mass is 91.0 g/mol. The third kappa shape index (κ3) is 4.31. The van der Waals surface area contributed by atoms with Crippen molar-refractivity contribution in [1.82, 2.24) is 0 Å². The van der Waals surface area contributed by atoms with Gasteiger partial charge < -0.3 is 5.11 Å². The zero-order valence-corrected chi connectivity index (χ0v) is 4.00. The number of aliphatic hydroxyl groups excluding tert-OH is 1. The molecule has 0 aliphatic carbocycles. The quantitative estimate of drug-likeness (QED) is 0.464. The molecule has 0 spiro atoms. The molecular formula is C3H7OS. The molecule has 0 bridgehead atoms. The molecule has 0 aromatic rings. The van der Waals surface area contributed by atoms with Gasteiger partial charge in [-0.1, -0.05) is 6.92 Å². The van der Waals surface area contributed by atoms with Gasteiger partial charge in [0.05, 0.1) is 0 Å². The normalized spacial score (nSPS) is 9.60. The lowest BCUT2D eigenvalue weighted by Crippen LogP contribution is -1.75. The third-order valence-corrected chi connectivity index (χ3v) is 0.632. The van der Waals surface area contributed by atoms with Gasteiger partial charge in [-0.05, 0) is 6.42 Å². The van der Waals surface area contributed by atoms with Crippen LogP contribution in [0.3, 0.4) is 0 Å². The van der Waals surface area contributed by atoms with Crippen LogP contribution in [0.2, 0.25) is 0 Å². The van der Waals surface area contributed by atoms with Gasteiger partial charge in [-0.25, -0.2) is 0 Å². The van der Waals surface area contributed by atoms with Gasteiger partial charge in [-0.3, -0.25) is 0 Å². The first-order valence-electron chi connectivity index (χ1n) is 1.51. The minimum Gasteiger partial charge on any atom is -0.376 e. The lowest BCUT2D eigenvalue weighted by molar-refractivity contribution is 0.359. The summed E-state index contributed by atoms with van der Waals surface area (Å²) in [6.07, 6.45) is 0.642. The molecule has 0 aliphatic heterocycles. The van der Waals surface area contributed by atoms with E-state index in [0.29, 0.717) is 6.42 Å². The van der Waals surface area contributed by atoms with E-state index < -0.39 is 0 Å². The highest BCUT2D eigenvalue weighted by Gasteiger charge is 1.85. The second-order valence-electron chi connectivity index (χ2n) is 0.770. The summed E-state index contributed by atoms with van der Waals surface area (Å²) >= 11 is 3.57. The Morgan fingerprint density at radius 1 is 2.00 bits per heavy atom. The van der Waals surface area contributed by atoms with Crippen LogP contribution in [0.5, 0.6) is 0 Å². The lowest BCUT2D eigenvalue weighted by atomic mass is 10.5. The van der Waals surface area contributed by atoms with Gasteiger partial charge in [-0.15, -0.1) is 12.6 Å². The fraction of sp³-hybridized carbons (Fsp3) is 0.667. The summed E-state index contributed by atoms with van der Waals surface area (Å²) in [4.78, 5) is 0. The van der Waals surface area contributed by atoms with Crippen molar-refractivity contribution < 1.29 is 5.11 Å². The third-order valence-electron chi connectivity index (χ3n) is 0.316. The van der Waals surface area contributed by atoms with Crippen molar-refractivity contribution in [2.75, 3.05) is 0 Å². The minimum atomic E-state index is 0.199. The Morgan fingerprint density at radius 3 is 2.20 bits per heavy atom. The molecule has 0 amide bonds. The number of rotatable bonds is 1. The molecule has 1 radical (unpaired) electrons. The smallest absolute Gasteiger partial charge is 0.145 e. The summed E-state index contributed by atoms with van der Waals surface area (Å²) in [6.45, 7) is 1.84. The second-order valence-corrected chi connectivity index (χ2v) is 1.29. The van der Waals surface area contributed by atoms with Crippen LogP contribution in [0, 0.1) is 5.44 Å². The van der Waals surface area contributed by atoms with Gasteiger partial charge in [0.15, 0.2) is 0 Å². The van der Waals surface area contributed by atoms with E-state index in [9.17, 15) is 0 Å². The molecule has 0 aromatic carbocycles. The van der Waals surface area contributed by atoms with Crippen LogP contribution >= 0.6 is 12.6 Å². The molecule has 31 valence electrons. The van der Waals surface area contributed by atoms with Gasteiger partial charge in [0.2, 0.25) is 0 Å². The molecule has 0 aliphatic rings. The SMILES string of the molecule is CC[C](O)S. The van der Waals surface area contributed by atoms with E-state index >= 15 is 0 Å². The summed E-state index contributed by atoms with van der Waals surface area (Å²) in [5.41, 5.74) is 0.199. The molecule has 0 atom stereocenters. The lowest BCUT2D eigenvalue weighted by Gasteiger charge is -1.87. The average Bonchev–Trinajstić information content (AvgIpc) is 1.38. The highest BCUT2D eigenvalue weighted by atomic mass is 32.1. The number of hydrogen-bond acceptors (Lipinski definition) is 2. The summed E-state index contributed by atoms with van der Waals surface area (Å²) in [6, 6.07) is 0. The van der Waals surface area contributed by atoms with Crippen LogP contribution in [0.4, 0.5) is 0 Å². The predicted octanol–water partition coefficient (Wildman–Crippen LogP) is 1.19. The first-order valence-corrected chi connectivity index (χ1v) is 1.96. The van der Waals surface area contributed by atoms with Crippen LogP contribution in [0.25, 0.3) is 0 Å². The molecule has 1 nitrogen and oxygen atoms in total. The van der Waals surface area contributed by atoms with E-state index in [4.69, 9.17) is 5.11 Å². The Balaban J connectivity index is 2.54. The largest absolute Gasteiger partial charge is 0.376 e. The standard InChI is InChI=1S/C3H7OS/c1-2-3(4)5/h4-5H,2H2,1H3. The van der Waals surface area contributed by atoms with Gasteiger partial charge in [0, 0.05) is 0 Å². The van der Waals surface area contributed by atoms with Crippen molar-refractivity contribution >= 4 is 12.6 Å². The minimum absolute atomic E-state index is 0.199. The van der Waals surface area contributed by atoms with E-state index in [0.717, 1.165) is 0 Å². The zero-order chi connectivity index (χ0) is 4.28. The van der Waals surface area contributed by atoms with E-state index in [1.165, 1.54) is 0 Å². The maximum atomic E-state index is 8.14. The Hall–Kier alpha value is 0.310. The molecule has 0 fully saturated rings. The summed E-state index contributed by atoms with van der Waals surface area (Å²) in [5, 5.41) is 8.14. The number of aliphatic hydroxyl groups is 1. The van der Waals surface area contributed by atoms with E-state index in [1.807, 2.05) is 6.92 Å². The molecule has 0 saturated carbocycles. The van der Waals surface area contributed by atoms with Crippen molar-refractivity contribution in [3.63, 3.8) is 0 Å². The molecule has 2 heteroatoms. The second kappa shape index (κ2) is 2.54. The molecule has 0 heterocycles. The molecular weight excluding hydrogens is 84.1 g/mol. The number of thiol groups is 1. The average molecular weight is 91.2 g/mol. The maximum Gasteiger partial charge on any atom is 0.145 e. The van der Waals surface area contributed by atoms with Gasteiger partial charge in [0.25, 0.3) is 0 Å². The fourth-order valence-corrected chi connectivity index (χ4v) is 0. The van der Waals surface area contributed by atoms with Gasteiger partial charge >= 0.3 is 0 Å². The van der Waals surface area contributed by atoms with E-state index in [1.54, 1.807) is 0 Å². The molecule has 0 unspecified atom stereocenters. The zero-order valence-electron chi connectivity index (χ0n) is 3.10. The van der Waals surface area contributed by atoms with Crippen LogP contribution in [-0.2, 0) is 0 Å². The van der Waals surface area contributed by atoms with Crippen molar-refractivity contribution in [3.8, 4) is 0 Å². The van der Waals surface area contributed by atoms with E-state index in [2.05, 4.69) is 12.6 Å². The van der Waals surface area contributed by atoms with Crippen molar-refractivity contribution in [3.05, 3.63) is 5.44 Å². The predicted molar refractivity (Wildman–Crippen MR) is 24.5 cm³/mol. The molecule has 0 aromatic heterocycles. The highest BCUT2D eigenvalue weighted by Crippen LogP contribution is 2.01. The summed E-state index contributed by atoms with van der Waals surface area (Å²) in [7, 11) is 0. The topological polar surface area (TPSA) is 20.2 Å². The summed E-state index contributed by atoms with van der Waals surface area (Å²) < 4.78 is 0. The fourth-order valence-electron chi connectivity index (χ4n) is 0. The van der Waals surface area contributed by atoms with Crippen molar-refractivity contribution in [2.24, 2.45) is 0 Å². The van der Waals surface area contributed by atoms with Crippen LogP contribution < -0.4 is 0 Å². The van der Waals surface area contributed by atoms with Crippen LogP contribution in [0.15, 0.2) is 0 Å². The summed E-state index contributed by atoms with van der Waals surface area (Å²) in [5.74, 6) is 0. The highest BCUT2D eigenvalue weighted by molar-refractivity contribution is 7.83. The van der Waals surface area contributed by atoms with Crippen LogP contribution in [-0.4, -0.2) is 5.11 Å². The van der Waals surface area contributed by atoms with Gasteiger partial charge in [-0.2, -0.15) is 0 Å². The van der Waals surface area contributed by atoms with Crippen LogP contribution in [0.1, 0.15) is 13.3 Å². The van der Waals surface area contributed by atoms with Crippen molar-refractivity contribution in [1.29, 1.82) is 0 Å².